The lowest BCUT2D eigenvalue weighted by Gasteiger charge is -2.32. The highest BCUT2D eigenvalue weighted by Crippen LogP contribution is 2.39. The van der Waals surface area contributed by atoms with E-state index in [1.165, 1.54) is 0 Å². The SMILES string of the molecule is CC(C)C(C)CB1OC(C)(C)C(C)(C)O1. The van der Waals surface area contributed by atoms with E-state index in [2.05, 4.69) is 48.5 Å². The van der Waals surface area contributed by atoms with Gasteiger partial charge in [0.2, 0.25) is 0 Å². The highest BCUT2D eigenvalue weighted by molar-refractivity contribution is 6.45. The Kier molecular flexibility index (Phi) is 3.57. The molecule has 88 valence electrons. The van der Waals surface area contributed by atoms with E-state index in [0.29, 0.717) is 11.8 Å². The Hall–Kier alpha value is -0.0151. The first-order valence-corrected chi connectivity index (χ1v) is 6.01. The summed E-state index contributed by atoms with van der Waals surface area (Å²) in [6.45, 7) is 15.2. The number of hydrogen-bond donors (Lipinski definition) is 0. The van der Waals surface area contributed by atoms with Crippen molar-refractivity contribution >= 4 is 7.12 Å². The van der Waals surface area contributed by atoms with Crippen molar-refractivity contribution in [2.45, 2.75) is 66.0 Å². The fraction of sp³-hybridized carbons (Fsp3) is 1.00. The molecule has 1 aliphatic rings. The van der Waals surface area contributed by atoms with E-state index in [0.717, 1.165) is 6.32 Å². The van der Waals surface area contributed by atoms with Gasteiger partial charge < -0.3 is 9.31 Å². The van der Waals surface area contributed by atoms with Crippen molar-refractivity contribution < 1.29 is 9.31 Å². The average Bonchev–Trinajstić information content (AvgIpc) is 2.19. The summed E-state index contributed by atoms with van der Waals surface area (Å²) in [5.41, 5.74) is -0.372. The Bertz CT molecular complexity index is 208. The normalized spacial score (nSPS) is 26.0. The predicted molar refractivity (Wildman–Crippen MR) is 64.9 cm³/mol. The van der Waals surface area contributed by atoms with Crippen molar-refractivity contribution in [3.05, 3.63) is 0 Å². The maximum atomic E-state index is 5.96. The van der Waals surface area contributed by atoms with Crippen molar-refractivity contribution in [1.82, 2.24) is 0 Å². The molecule has 3 heteroatoms. The van der Waals surface area contributed by atoms with Crippen LogP contribution in [0.5, 0.6) is 0 Å². The molecule has 0 aromatic rings. The Morgan fingerprint density at radius 1 is 0.933 bits per heavy atom. The first-order valence-electron chi connectivity index (χ1n) is 6.01. The summed E-state index contributed by atoms with van der Waals surface area (Å²) < 4.78 is 11.9. The quantitative estimate of drug-likeness (QED) is 0.667. The fourth-order valence-electron chi connectivity index (χ4n) is 1.64. The van der Waals surface area contributed by atoms with Crippen LogP contribution in [-0.2, 0) is 9.31 Å². The second kappa shape index (κ2) is 4.10. The Morgan fingerprint density at radius 2 is 1.33 bits per heavy atom. The predicted octanol–water partition coefficient (Wildman–Crippen LogP) is 3.37. The third-order valence-electron chi connectivity index (χ3n) is 4.00. The summed E-state index contributed by atoms with van der Waals surface area (Å²) in [6, 6.07) is 0. The molecule has 0 bridgehead atoms. The zero-order valence-corrected chi connectivity index (χ0v) is 11.3. The van der Waals surface area contributed by atoms with Crippen LogP contribution in [0.1, 0.15) is 48.5 Å². The smallest absolute Gasteiger partial charge is 0.403 e. The maximum Gasteiger partial charge on any atom is 0.458 e. The van der Waals surface area contributed by atoms with Gasteiger partial charge in [-0.2, -0.15) is 0 Å². The van der Waals surface area contributed by atoms with Crippen LogP contribution in [-0.4, -0.2) is 18.3 Å². The molecule has 0 aromatic carbocycles. The van der Waals surface area contributed by atoms with Crippen molar-refractivity contribution in [2.75, 3.05) is 0 Å². The summed E-state index contributed by atoms with van der Waals surface area (Å²) in [5.74, 6) is 1.32. The lowest BCUT2D eigenvalue weighted by molar-refractivity contribution is 0.00578. The van der Waals surface area contributed by atoms with Crippen LogP contribution >= 0.6 is 0 Å². The maximum absolute atomic E-state index is 5.96. The molecule has 15 heavy (non-hydrogen) atoms. The van der Waals surface area contributed by atoms with E-state index in [9.17, 15) is 0 Å². The number of hydrogen-bond acceptors (Lipinski definition) is 2. The minimum Gasteiger partial charge on any atom is -0.403 e. The van der Waals surface area contributed by atoms with Gasteiger partial charge in [-0.05, 0) is 45.9 Å². The van der Waals surface area contributed by atoms with Gasteiger partial charge in [-0.15, -0.1) is 0 Å². The zero-order valence-electron chi connectivity index (χ0n) is 11.3. The molecule has 1 fully saturated rings. The molecule has 0 amide bonds. The third kappa shape index (κ3) is 2.76. The van der Waals surface area contributed by atoms with Crippen LogP contribution in [0.2, 0.25) is 6.32 Å². The standard InChI is InChI=1S/C12H25BO2/c1-9(2)10(3)8-13-14-11(4,5)12(6,7)15-13/h9-10H,8H2,1-7H3. The Balaban J connectivity index is 2.56. The summed E-state index contributed by atoms with van der Waals surface area (Å²) >= 11 is 0. The summed E-state index contributed by atoms with van der Waals surface area (Å²) in [5, 5.41) is 0. The molecule has 1 atom stereocenters. The lowest BCUT2D eigenvalue weighted by atomic mass is 9.74. The van der Waals surface area contributed by atoms with Gasteiger partial charge >= 0.3 is 7.12 Å². The van der Waals surface area contributed by atoms with Crippen LogP contribution in [0.15, 0.2) is 0 Å². The minimum absolute atomic E-state index is 0.0348. The summed E-state index contributed by atoms with van der Waals surface area (Å²) in [4.78, 5) is 0. The van der Waals surface area contributed by atoms with E-state index in [-0.39, 0.29) is 18.3 Å². The van der Waals surface area contributed by atoms with Crippen LogP contribution in [0.25, 0.3) is 0 Å². The van der Waals surface area contributed by atoms with Crippen molar-refractivity contribution in [1.29, 1.82) is 0 Å². The van der Waals surface area contributed by atoms with Gasteiger partial charge in [0.1, 0.15) is 0 Å². The molecule has 0 spiro atoms. The van der Waals surface area contributed by atoms with Crippen LogP contribution in [0, 0.1) is 11.8 Å². The van der Waals surface area contributed by atoms with Gasteiger partial charge in [0.25, 0.3) is 0 Å². The first kappa shape index (κ1) is 13.1. The molecular weight excluding hydrogens is 187 g/mol. The molecule has 1 heterocycles. The molecule has 0 radical (unpaired) electrons. The minimum atomic E-state index is -0.186. The van der Waals surface area contributed by atoms with E-state index < -0.39 is 0 Å². The second-order valence-corrected chi connectivity index (χ2v) is 6.14. The lowest BCUT2D eigenvalue weighted by Crippen LogP contribution is -2.41. The summed E-state index contributed by atoms with van der Waals surface area (Å²) in [6.07, 6.45) is 0.991. The monoisotopic (exact) mass is 212 g/mol. The van der Waals surface area contributed by atoms with E-state index in [1.807, 2.05) is 0 Å². The van der Waals surface area contributed by atoms with Crippen LogP contribution in [0.3, 0.4) is 0 Å². The molecular formula is C12H25BO2. The summed E-state index contributed by atoms with van der Waals surface area (Å²) in [7, 11) is -0.0348. The van der Waals surface area contributed by atoms with Crippen LogP contribution < -0.4 is 0 Å². The van der Waals surface area contributed by atoms with Gasteiger partial charge in [0.05, 0.1) is 11.2 Å². The average molecular weight is 212 g/mol. The van der Waals surface area contributed by atoms with Gasteiger partial charge in [-0.3, -0.25) is 0 Å². The largest absolute Gasteiger partial charge is 0.458 e. The Labute approximate surface area is 94.9 Å². The topological polar surface area (TPSA) is 18.5 Å². The van der Waals surface area contributed by atoms with Gasteiger partial charge in [0.15, 0.2) is 0 Å². The highest BCUT2D eigenvalue weighted by atomic mass is 16.7. The third-order valence-corrected chi connectivity index (χ3v) is 4.00. The fourth-order valence-corrected chi connectivity index (χ4v) is 1.64. The van der Waals surface area contributed by atoms with Crippen LogP contribution in [0.4, 0.5) is 0 Å². The molecule has 0 aliphatic carbocycles. The molecule has 0 N–H and O–H groups in total. The van der Waals surface area contributed by atoms with E-state index >= 15 is 0 Å². The molecule has 2 nitrogen and oxygen atoms in total. The van der Waals surface area contributed by atoms with Crippen molar-refractivity contribution in [2.24, 2.45) is 11.8 Å². The van der Waals surface area contributed by atoms with Gasteiger partial charge in [0, 0.05) is 0 Å². The van der Waals surface area contributed by atoms with E-state index in [1.54, 1.807) is 0 Å². The molecule has 0 aromatic heterocycles. The zero-order chi connectivity index (χ0) is 11.9. The molecule has 1 aliphatic heterocycles. The second-order valence-electron chi connectivity index (χ2n) is 6.14. The highest BCUT2D eigenvalue weighted by Gasteiger charge is 2.51. The Morgan fingerprint density at radius 3 is 1.67 bits per heavy atom. The molecule has 1 rings (SSSR count). The molecule has 1 saturated heterocycles. The van der Waals surface area contributed by atoms with Crippen molar-refractivity contribution in [3.8, 4) is 0 Å². The van der Waals surface area contributed by atoms with E-state index in [4.69, 9.17) is 9.31 Å². The molecule has 1 unspecified atom stereocenters. The first-order chi connectivity index (χ1) is 6.66. The molecule has 0 saturated carbocycles. The van der Waals surface area contributed by atoms with Crippen molar-refractivity contribution in [3.63, 3.8) is 0 Å². The number of rotatable bonds is 3. The van der Waals surface area contributed by atoms with Gasteiger partial charge in [-0.25, -0.2) is 0 Å². The van der Waals surface area contributed by atoms with Gasteiger partial charge in [-0.1, -0.05) is 20.8 Å².